The minimum atomic E-state index is 0.738. The van der Waals surface area contributed by atoms with Crippen LogP contribution in [0.3, 0.4) is 0 Å². The first-order valence-electron chi connectivity index (χ1n) is 6.17. The SMILES string of the molecule is CCCNCC(C)CCc1ccc(Cl)cc1. The standard InChI is InChI=1S/C14H22ClN/c1-3-10-16-11-12(2)4-5-13-6-8-14(15)9-7-13/h6-9,12,16H,3-5,10-11H2,1-2H3. The quantitative estimate of drug-likeness (QED) is 0.712. The van der Waals surface area contributed by atoms with E-state index in [1.807, 2.05) is 12.1 Å². The van der Waals surface area contributed by atoms with Crippen LogP contribution in [0.1, 0.15) is 32.3 Å². The fourth-order valence-corrected chi connectivity index (χ4v) is 1.82. The maximum Gasteiger partial charge on any atom is 0.0406 e. The molecule has 0 aliphatic rings. The van der Waals surface area contributed by atoms with Crippen molar-refractivity contribution in [3.8, 4) is 0 Å². The molecule has 1 rings (SSSR count). The van der Waals surface area contributed by atoms with E-state index >= 15 is 0 Å². The van der Waals surface area contributed by atoms with Crippen molar-refractivity contribution in [1.29, 1.82) is 0 Å². The second-order valence-electron chi connectivity index (χ2n) is 4.47. The van der Waals surface area contributed by atoms with Crippen LogP contribution in [-0.2, 0) is 6.42 Å². The monoisotopic (exact) mass is 239 g/mol. The van der Waals surface area contributed by atoms with E-state index in [0.717, 1.165) is 30.5 Å². The third-order valence-electron chi connectivity index (χ3n) is 2.76. The van der Waals surface area contributed by atoms with E-state index in [1.54, 1.807) is 0 Å². The number of rotatable bonds is 7. The predicted molar refractivity (Wildman–Crippen MR) is 72.1 cm³/mol. The summed E-state index contributed by atoms with van der Waals surface area (Å²) >= 11 is 5.85. The molecule has 0 saturated heterocycles. The molecule has 1 aromatic carbocycles. The topological polar surface area (TPSA) is 12.0 Å². The van der Waals surface area contributed by atoms with Gasteiger partial charge in [-0.3, -0.25) is 0 Å². The lowest BCUT2D eigenvalue weighted by Crippen LogP contribution is -2.22. The summed E-state index contributed by atoms with van der Waals surface area (Å²) in [6.45, 7) is 6.76. The Hall–Kier alpha value is -0.530. The van der Waals surface area contributed by atoms with E-state index in [0.29, 0.717) is 0 Å². The Balaban J connectivity index is 2.20. The molecule has 0 heterocycles. The third-order valence-corrected chi connectivity index (χ3v) is 3.01. The summed E-state index contributed by atoms with van der Waals surface area (Å²) in [6.07, 6.45) is 3.59. The second kappa shape index (κ2) is 7.70. The highest BCUT2D eigenvalue weighted by Gasteiger charge is 2.02. The van der Waals surface area contributed by atoms with Crippen LogP contribution in [0.4, 0.5) is 0 Å². The zero-order valence-corrected chi connectivity index (χ0v) is 11.1. The molecule has 1 atom stereocenters. The summed E-state index contributed by atoms with van der Waals surface area (Å²) in [4.78, 5) is 0. The smallest absolute Gasteiger partial charge is 0.0406 e. The fourth-order valence-electron chi connectivity index (χ4n) is 1.69. The van der Waals surface area contributed by atoms with Gasteiger partial charge in [-0.25, -0.2) is 0 Å². The fraction of sp³-hybridized carbons (Fsp3) is 0.571. The number of halogens is 1. The largest absolute Gasteiger partial charge is 0.316 e. The van der Waals surface area contributed by atoms with Crippen LogP contribution in [0.15, 0.2) is 24.3 Å². The van der Waals surface area contributed by atoms with Gasteiger partial charge in [-0.2, -0.15) is 0 Å². The lowest BCUT2D eigenvalue weighted by Gasteiger charge is -2.12. The Bertz CT molecular complexity index is 281. The highest BCUT2D eigenvalue weighted by atomic mass is 35.5. The van der Waals surface area contributed by atoms with E-state index in [2.05, 4.69) is 31.3 Å². The molecular formula is C14H22ClN. The molecule has 1 unspecified atom stereocenters. The first kappa shape index (κ1) is 13.5. The van der Waals surface area contributed by atoms with E-state index in [9.17, 15) is 0 Å². The van der Waals surface area contributed by atoms with E-state index in [4.69, 9.17) is 11.6 Å². The maximum atomic E-state index is 5.85. The third kappa shape index (κ3) is 5.53. The molecule has 0 radical (unpaired) electrons. The van der Waals surface area contributed by atoms with Gasteiger partial charge in [0.25, 0.3) is 0 Å². The molecule has 0 amide bonds. The molecule has 0 spiro atoms. The number of aryl methyl sites for hydroxylation is 1. The van der Waals surface area contributed by atoms with Gasteiger partial charge >= 0.3 is 0 Å². The Morgan fingerprint density at radius 1 is 1.25 bits per heavy atom. The molecule has 0 aliphatic carbocycles. The molecule has 1 nitrogen and oxygen atoms in total. The first-order valence-corrected chi connectivity index (χ1v) is 6.55. The molecular weight excluding hydrogens is 218 g/mol. The molecule has 0 saturated carbocycles. The maximum absolute atomic E-state index is 5.85. The second-order valence-corrected chi connectivity index (χ2v) is 4.91. The van der Waals surface area contributed by atoms with Crippen molar-refractivity contribution in [2.75, 3.05) is 13.1 Å². The minimum Gasteiger partial charge on any atom is -0.316 e. The van der Waals surface area contributed by atoms with Crippen molar-refractivity contribution < 1.29 is 0 Å². The summed E-state index contributed by atoms with van der Waals surface area (Å²) in [5, 5.41) is 4.28. The van der Waals surface area contributed by atoms with Crippen LogP contribution in [0.5, 0.6) is 0 Å². The van der Waals surface area contributed by atoms with Gasteiger partial charge in [-0.1, -0.05) is 37.6 Å². The van der Waals surface area contributed by atoms with Crippen molar-refractivity contribution in [1.82, 2.24) is 5.32 Å². The summed E-state index contributed by atoms with van der Waals surface area (Å²) in [5.74, 6) is 0.738. The van der Waals surface area contributed by atoms with Crippen molar-refractivity contribution in [3.05, 3.63) is 34.9 Å². The molecule has 1 aromatic rings. The average molecular weight is 240 g/mol. The Morgan fingerprint density at radius 2 is 1.94 bits per heavy atom. The van der Waals surface area contributed by atoms with Crippen molar-refractivity contribution >= 4 is 11.6 Å². The van der Waals surface area contributed by atoms with E-state index in [1.165, 1.54) is 18.4 Å². The van der Waals surface area contributed by atoms with Gasteiger partial charge in [0.15, 0.2) is 0 Å². The Labute approximate surface area is 104 Å². The Kier molecular flexibility index (Phi) is 6.51. The number of nitrogens with one attached hydrogen (secondary N) is 1. The summed E-state index contributed by atoms with van der Waals surface area (Å²) in [7, 11) is 0. The Morgan fingerprint density at radius 3 is 2.56 bits per heavy atom. The lowest BCUT2D eigenvalue weighted by atomic mass is 10.0. The average Bonchev–Trinajstić information content (AvgIpc) is 2.29. The number of hydrogen-bond donors (Lipinski definition) is 1. The molecule has 0 bridgehead atoms. The van der Waals surface area contributed by atoms with Gasteiger partial charge in [-0.05, 0) is 56.0 Å². The van der Waals surface area contributed by atoms with Crippen LogP contribution in [0, 0.1) is 5.92 Å². The van der Waals surface area contributed by atoms with Crippen LogP contribution in [0.2, 0.25) is 5.02 Å². The van der Waals surface area contributed by atoms with E-state index < -0.39 is 0 Å². The molecule has 90 valence electrons. The van der Waals surface area contributed by atoms with Gasteiger partial charge in [-0.15, -0.1) is 0 Å². The summed E-state index contributed by atoms with van der Waals surface area (Å²) < 4.78 is 0. The normalized spacial score (nSPS) is 12.7. The highest BCUT2D eigenvalue weighted by Crippen LogP contribution is 2.13. The van der Waals surface area contributed by atoms with Crippen molar-refractivity contribution in [2.24, 2.45) is 5.92 Å². The highest BCUT2D eigenvalue weighted by molar-refractivity contribution is 6.30. The van der Waals surface area contributed by atoms with Crippen LogP contribution >= 0.6 is 11.6 Å². The van der Waals surface area contributed by atoms with Gasteiger partial charge in [0.05, 0.1) is 0 Å². The number of benzene rings is 1. The molecule has 2 heteroatoms. The zero-order valence-electron chi connectivity index (χ0n) is 10.3. The molecule has 1 N–H and O–H groups in total. The van der Waals surface area contributed by atoms with Gasteiger partial charge < -0.3 is 5.32 Å². The van der Waals surface area contributed by atoms with E-state index in [-0.39, 0.29) is 0 Å². The van der Waals surface area contributed by atoms with Crippen LogP contribution in [-0.4, -0.2) is 13.1 Å². The number of hydrogen-bond acceptors (Lipinski definition) is 1. The predicted octanol–water partition coefficient (Wildman–Crippen LogP) is 3.91. The van der Waals surface area contributed by atoms with Crippen molar-refractivity contribution in [2.45, 2.75) is 33.1 Å². The van der Waals surface area contributed by atoms with Crippen molar-refractivity contribution in [3.63, 3.8) is 0 Å². The summed E-state index contributed by atoms with van der Waals surface area (Å²) in [6, 6.07) is 8.18. The van der Waals surface area contributed by atoms with Crippen LogP contribution in [0.25, 0.3) is 0 Å². The zero-order chi connectivity index (χ0) is 11.8. The van der Waals surface area contributed by atoms with Gasteiger partial charge in [0.2, 0.25) is 0 Å². The van der Waals surface area contributed by atoms with Gasteiger partial charge in [0, 0.05) is 5.02 Å². The van der Waals surface area contributed by atoms with Gasteiger partial charge in [0.1, 0.15) is 0 Å². The minimum absolute atomic E-state index is 0.738. The molecule has 16 heavy (non-hydrogen) atoms. The summed E-state index contributed by atoms with van der Waals surface area (Å²) in [5.41, 5.74) is 1.38. The van der Waals surface area contributed by atoms with Crippen LogP contribution < -0.4 is 5.32 Å². The molecule has 0 aromatic heterocycles. The molecule has 0 aliphatic heterocycles. The first-order chi connectivity index (χ1) is 7.72. The lowest BCUT2D eigenvalue weighted by molar-refractivity contribution is 0.481. The molecule has 0 fully saturated rings.